The van der Waals surface area contributed by atoms with E-state index in [0.717, 1.165) is 10.0 Å². The second kappa shape index (κ2) is 5.01. The number of nitrogens with one attached hydrogen (secondary N) is 1. The summed E-state index contributed by atoms with van der Waals surface area (Å²) in [7, 11) is 0. The van der Waals surface area contributed by atoms with Crippen molar-refractivity contribution in [2.45, 2.75) is 6.92 Å². The average molecular weight is 332 g/mol. The lowest BCUT2D eigenvalue weighted by Crippen LogP contribution is -2.13. The molecule has 0 bridgehead atoms. The van der Waals surface area contributed by atoms with Crippen molar-refractivity contribution < 1.29 is 4.79 Å². The standard InChI is InChI=1S/C13H10BrN5O/c1-8-6-10(14)7-19-11(8)16-13(18-19)17-12(20)9-2-4-15-5-3-9/h2-7H,1H3,(H,17,18,20). The number of rotatable bonds is 2. The highest BCUT2D eigenvalue weighted by Crippen LogP contribution is 2.17. The van der Waals surface area contributed by atoms with Crippen LogP contribution in [0, 0.1) is 6.92 Å². The number of carbonyl (C=O) groups is 1. The molecule has 0 aliphatic rings. The number of nitrogens with zero attached hydrogens (tertiary/aromatic N) is 4. The van der Waals surface area contributed by atoms with Gasteiger partial charge in [-0.15, -0.1) is 5.10 Å². The molecule has 0 aliphatic carbocycles. The maximum Gasteiger partial charge on any atom is 0.258 e. The van der Waals surface area contributed by atoms with Crippen molar-refractivity contribution in [3.8, 4) is 0 Å². The molecule has 7 heteroatoms. The SMILES string of the molecule is Cc1cc(Br)cn2nc(NC(=O)c3ccncc3)nc12. The van der Waals surface area contributed by atoms with E-state index in [1.54, 1.807) is 35.2 Å². The number of aryl methyl sites for hydroxylation is 1. The fourth-order valence-electron chi connectivity index (χ4n) is 1.84. The minimum Gasteiger partial charge on any atom is -0.289 e. The topological polar surface area (TPSA) is 72.2 Å². The molecular formula is C13H10BrN5O. The smallest absolute Gasteiger partial charge is 0.258 e. The van der Waals surface area contributed by atoms with E-state index in [2.05, 4.69) is 36.3 Å². The molecular weight excluding hydrogens is 322 g/mol. The van der Waals surface area contributed by atoms with Crippen LogP contribution in [-0.4, -0.2) is 25.5 Å². The Bertz CT molecular complexity index is 784. The number of fused-ring (bicyclic) bond motifs is 1. The Morgan fingerprint density at radius 3 is 2.85 bits per heavy atom. The summed E-state index contributed by atoms with van der Waals surface area (Å²) in [6, 6.07) is 5.21. The maximum absolute atomic E-state index is 12.0. The highest BCUT2D eigenvalue weighted by molar-refractivity contribution is 9.10. The van der Waals surface area contributed by atoms with Crippen molar-refractivity contribution in [2.24, 2.45) is 0 Å². The number of carbonyl (C=O) groups excluding carboxylic acids is 1. The van der Waals surface area contributed by atoms with Crippen molar-refractivity contribution in [3.05, 3.63) is 52.4 Å². The summed E-state index contributed by atoms with van der Waals surface area (Å²) in [5.74, 6) is 0.00744. The van der Waals surface area contributed by atoms with Crippen molar-refractivity contribution in [3.63, 3.8) is 0 Å². The van der Waals surface area contributed by atoms with Gasteiger partial charge < -0.3 is 0 Å². The summed E-state index contributed by atoms with van der Waals surface area (Å²) in [6.45, 7) is 1.93. The summed E-state index contributed by atoms with van der Waals surface area (Å²) in [4.78, 5) is 20.2. The van der Waals surface area contributed by atoms with Crippen molar-refractivity contribution >= 4 is 33.4 Å². The monoisotopic (exact) mass is 331 g/mol. The van der Waals surface area contributed by atoms with Gasteiger partial charge in [-0.1, -0.05) is 0 Å². The molecule has 0 aromatic carbocycles. The summed E-state index contributed by atoms with van der Waals surface area (Å²) >= 11 is 3.40. The van der Waals surface area contributed by atoms with Crippen LogP contribution in [0.25, 0.3) is 5.65 Å². The van der Waals surface area contributed by atoms with Gasteiger partial charge in [0.05, 0.1) is 0 Å². The first-order valence-corrected chi connectivity index (χ1v) is 6.67. The van der Waals surface area contributed by atoms with Crippen LogP contribution in [0.1, 0.15) is 15.9 Å². The lowest BCUT2D eigenvalue weighted by atomic mass is 10.2. The van der Waals surface area contributed by atoms with E-state index >= 15 is 0 Å². The minimum absolute atomic E-state index is 0.264. The Labute approximate surface area is 123 Å². The summed E-state index contributed by atoms with van der Waals surface area (Å²) in [5, 5.41) is 6.90. The van der Waals surface area contributed by atoms with Gasteiger partial charge in [0.15, 0.2) is 5.65 Å². The van der Waals surface area contributed by atoms with Gasteiger partial charge in [-0.2, -0.15) is 4.98 Å². The predicted molar refractivity (Wildman–Crippen MR) is 77.6 cm³/mol. The molecule has 3 rings (SSSR count). The fraction of sp³-hybridized carbons (Fsp3) is 0.0769. The molecule has 0 fully saturated rings. The molecule has 0 saturated heterocycles. The molecule has 0 aliphatic heterocycles. The van der Waals surface area contributed by atoms with Crippen LogP contribution >= 0.6 is 15.9 Å². The molecule has 3 aromatic rings. The average Bonchev–Trinajstić information content (AvgIpc) is 2.82. The van der Waals surface area contributed by atoms with Crippen LogP contribution in [0.5, 0.6) is 0 Å². The lowest BCUT2D eigenvalue weighted by molar-refractivity contribution is 0.102. The Kier molecular flexibility index (Phi) is 3.19. The number of hydrogen-bond donors (Lipinski definition) is 1. The maximum atomic E-state index is 12.0. The zero-order valence-corrected chi connectivity index (χ0v) is 12.1. The highest BCUT2D eigenvalue weighted by atomic mass is 79.9. The van der Waals surface area contributed by atoms with Crippen molar-refractivity contribution in [1.29, 1.82) is 0 Å². The van der Waals surface area contributed by atoms with Gasteiger partial charge in [0.25, 0.3) is 5.91 Å². The van der Waals surface area contributed by atoms with Crippen LogP contribution in [0.3, 0.4) is 0 Å². The largest absolute Gasteiger partial charge is 0.289 e. The van der Waals surface area contributed by atoms with Gasteiger partial charge in [0.2, 0.25) is 5.95 Å². The van der Waals surface area contributed by atoms with Gasteiger partial charge in [0.1, 0.15) is 0 Å². The van der Waals surface area contributed by atoms with E-state index in [1.165, 1.54) is 0 Å². The predicted octanol–water partition coefficient (Wildman–Crippen LogP) is 2.45. The van der Waals surface area contributed by atoms with Crippen LogP contribution in [0.2, 0.25) is 0 Å². The first kappa shape index (κ1) is 12.7. The summed E-state index contributed by atoms with van der Waals surface area (Å²) < 4.78 is 2.53. The quantitative estimate of drug-likeness (QED) is 0.782. The molecule has 0 unspecified atom stereocenters. The molecule has 0 atom stereocenters. The van der Waals surface area contributed by atoms with Crippen LogP contribution in [0.4, 0.5) is 5.95 Å². The van der Waals surface area contributed by atoms with Crippen LogP contribution < -0.4 is 5.32 Å². The second-order valence-electron chi connectivity index (χ2n) is 4.23. The Morgan fingerprint density at radius 1 is 1.35 bits per heavy atom. The first-order valence-electron chi connectivity index (χ1n) is 5.87. The Morgan fingerprint density at radius 2 is 2.10 bits per heavy atom. The van der Waals surface area contributed by atoms with Gasteiger partial charge in [-0.25, -0.2) is 4.52 Å². The normalized spacial score (nSPS) is 10.7. The molecule has 3 heterocycles. The Hall–Kier alpha value is -2.28. The third-order valence-corrected chi connectivity index (χ3v) is 3.19. The van der Waals surface area contributed by atoms with Gasteiger partial charge in [0, 0.05) is 28.6 Å². The van der Waals surface area contributed by atoms with E-state index in [-0.39, 0.29) is 11.9 Å². The van der Waals surface area contributed by atoms with Gasteiger partial charge in [-0.05, 0) is 46.6 Å². The summed E-state index contributed by atoms with van der Waals surface area (Å²) in [5.41, 5.74) is 2.19. The number of hydrogen-bond acceptors (Lipinski definition) is 4. The molecule has 1 amide bonds. The van der Waals surface area contributed by atoms with E-state index in [1.807, 2.05) is 13.0 Å². The third kappa shape index (κ3) is 2.39. The zero-order chi connectivity index (χ0) is 14.1. The third-order valence-electron chi connectivity index (χ3n) is 2.75. The number of anilines is 1. The zero-order valence-electron chi connectivity index (χ0n) is 10.5. The highest BCUT2D eigenvalue weighted by Gasteiger charge is 2.11. The van der Waals surface area contributed by atoms with E-state index < -0.39 is 0 Å². The molecule has 3 aromatic heterocycles. The minimum atomic E-state index is -0.264. The van der Waals surface area contributed by atoms with Crippen LogP contribution in [-0.2, 0) is 0 Å². The number of amides is 1. The van der Waals surface area contributed by atoms with E-state index in [4.69, 9.17) is 0 Å². The number of halogens is 1. The molecule has 6 nitrogen and oxygen atoms in total. The molecule has 1 N–H and O–H groups in total. The molecule has 0 saturated carbocycles. The lowest BCUT2D eigenvalue weighted by Gasteiger charge is -1.99. The van der Waals surface area contributed by atoms with Crippen LogP contribution in [0.15, 0.2) is 41.3 Å². The molecule has 0 spiro atoms. The van der Waals surface area contributed by atoms with Gasteiger partial charge >= 0.3 is 0 Å². The Balaban J connectivity index is 1.92. The second-order valence-corrected chi connectivity index (χ2v) is 5.15. The first-order chi connectivity index (χ1) is 9.63. The van der Waals surface area contributed by atoms with Crippen molar-refractivity contribution in [2.75, 3.05) is 5.32 Å². The van der Waals surface area contributed by atoms with E-state index in [9.17, 15) is 4.79 Å². The molecule has 0 radical (unpaired) electrons. The number of pyridine rings is 2. The summed E-state index contributed by atoms with van der Waals surface area (Å²) in [6.07, 6.45) is 4.91. The number of aromatic nitrogens is 4. The van der Waals surface area contributed by atoms with Crippen molar-refractivity contribution in [1.82, 2.24) is 19.6 Å². The molecule has 100 valence electrons. The van der Waals surface area contributed by atoms with Gasteiger partial charge in [-0.3, -0.25) is 15.1 Å². The fourth-order valence-corrected chi connectivity index (χ4v) is 2.37. The molecule has 20 heavy (non-hydrogen) atoms. The van der Waals surface area contributed by atoms with E-state index in [0.29, 0.717) is 11.2 Å².